The Morgan fingerprint density at radius 3 is 2.64 bits per heavy atom. The molecule has 1 N–H and O–H groups in total. The van der Waals surface area contributed by atoms with E-state index in [0.717, 1.165) is 57.1 Å². The first-order valence-electron chi connectivity index (χ1n) is 9.19. The molecule has 2 amide bonds. The smallest absolute Gasteiger partial charge is 0.317 e. The van der Waals surface area contributed by atoms with Crippen LogP contribution in [0.1, 0.15) is 56.6 Å². The van der Waals surface area contributed by atoms with Crippen molar-refractivity contribution in [2.45, 2.75) is 51.0 Å². The van der Waals surface area contributed by atoms with Crippen LogP contribution in [-0.2, 0) is 9.53 Å². The van der Waals surface area contributed by atoms with Gasteiger partial charge >= 0.3 is 12.0 Å². The molecule has 1 aromatic rings. The molecule has 2 fully saturated rings. The number of hydrogen-bond acceptors (Lipinski definition) is 4. The van der Waals surface area contributed by atoms with Crippen molar-refractivity contribution >= 4 is 12.0 Å². The summed E-state index contributed by atoms with van der Waals surface area (Å²) in [6, 6.07) is 3.93. The number of amides is 2. The van der Waals surface area contributed by atoms with Gasteiger partial charge in [-0.05, 0) is 43.4 Å². The van der Waals surface area contributed by atoms with E-state index in [-0.39, 0.29) is 18.0 Å². The number of esters is 1. The summed E-state index contributed by atoms with van der Waals surface area (Å²) in [5, 5.41) is 3.02. The van der Waals surface area contributed by atoms with E-state index in [1.54, 1.807) is 12.4 Å². The lowest BCUT2D eigenvalue weighted by atomic mass is 9.74. The Kier molecular flexibility index (Phi) is 5.56. The molecule has 1 atom stereocenters. The van der Waals surface area contributed by atoms with Crippen LogP contribution in [0.4, 0.5) is 4.79 Å². The summed E-state index contributed by atoms with van der Waals surface area (Å²) in [6.07, 6.45) is 10.2. The second-order valence-corrected chi connectivity index (χ2v) is 7.12. The SMILES string of the molecule is COC(=O)C1(CNC(=O)N2CCC[C@@H]2c2ccncc2)CCCCC1. The average Bonchev–Trinajstić information content (AvgIpc) is 3.17. The van der Waals surface area contributed by atoms with E-state index < -0.39 is 5.41 Å². The van der Waals surface area contributed by atoms with Crippen LogP contribution in [0.25, 0.3) is 0 Å². The van der Waals surface area contributed by atoms with Gasteiger partial charge in [-0.2, -0.15) is 0 Å². The monoisotopic (exact) mass is 345 g/mol. The Balaban J connectivity index is 1.65. The fourth-order valence-corrected chi connectivity index (χ4v) is 4.19. The quantitative estimate of drug-likeness (QED) is 0.852. The molecule has 0 radical (unpaired) electrons. The van der Waals surface area contributed by atoms with Gasteiger partial charge in [0, 0.05) is 25.5 Å². The van der Waals surface area contributed by atoms with E-state index in [1.807, 2.05) is 17.0 Å². The van der Waals surface area contributed by atoms with Crippen LogP contribution in [0.5, 0.6) is 0 Å². The third-order valence-electron chi connectivity index (χ3n) is 5.61. The van der Waals surface area contributed by atoms with Gasteiger partial charge in [0.05, 0.1) is 18.6 Å². The Morgan fingerprint density at radius 1 is 1.24 bits per heavy atom. The Bertz CT molecular complexity index is 599. The highest BCUT2D eigenvalue weighted by Crippen LogP contribution is 2.37. The number of urea groups is 1. The van der Waals surface area contributed by atoms with E-state index in [9.17, 15) is 9.59 Å². The van der Waals surface area contributed by atoms with E-state index >= 15 is 0 Å². The summed E-state index contributed by atoms with van der Waals surface area (Å²) in [5.74, 6) is -0.195. The lowest BCUT2D eigenvalue weighted by molar-refractivity contribution is -0.154. The number of aromatic nitrogens is 1. The predicted molar refractivity (Wildman–Crippen MR) is 93.9 cm³/mol. The Labute approximate surface area is 148 Å². The second kappa shape index (κ2) is 7.85. The highest BCUT2D eigenvalue weighted by molar-refractivity contribution is 5.80. The van der Waals surface area contributed by atoms with Gasteiger partial charge in [-0.3, -0.25) is 9.78 Å². The maximum Gasteiger partial charge on any atom is 0.317 e. The molecule has 1 aromatic heterocycles. The standard InChI is InChI=1S/C19H27N3O3/c1-25-17(23)19(9-3-2-4-10-19)14-21-18(24)22-13-5-6-16(22)15-7-11-20-12-8-15/h7-8,11-12,16H,2-6,9-10,13-14H2,1H3,(H,21,24)/t16-/m1/s1. The van der Waals surface area contributed by atoms with Gasteiger partial charge in [-0.15, -0.1) is 0 Å². The van der Waals surface area contributed by atoms with Crippen molar-refractivity contribution in [3.8, 4) is 0 Å². The molecule has 1 saturated heterocycles. The van der Waals surface area contributed by atoms with Crippen LogP contribution < -0.4 is 5.32 Å². The normalized spacial score (nSPS) is 22.4. The van der Waals surface area contributed by atoms with Gasteiger partial charge in [0.25, 0.3) is 0 Å². The van der Waals surface area contributed by atoms with Gasteiger partial charge in [0.1, 0.15) is 0 Å². The molecule has 0 aromatic carbocycles. The number of hydrogen-bond donors (Lipinski definition) is 1. The zero-order valence-corrected chi connectivity index (χ0v) is 14.9. The van der Waals surface area contributed by atoms with Crippen LogP contribution >= 0.6 is 0 Å². The molecule has 25 heavy (non-hydrogen) atoms. The second-order valence-electron chi connectivity index (χ2n) is 7.12. The fraction of sp³-hybridized carbons (Fsp3) is 0.632. The minimum absolute atomic E-state index is 0.0865. The molecule has 2 heterocycles. The predicted octanol–water partition coefficient (Wildman–Crippen LogP) is 3.05. The maximum absolute atomic E-state index is 12.8. The lowest BCUT2D eigenvalue weighted by Gasteiger charge is -2.35. The van der Waals surface area contributed by atoms with Crippen LogP contribution in [0.2, 0.25) is 0 Å². The Hall–Kier alpha value is -2.11. The first-order chi connectivity index (χ1) is 12.2. The molecule has 0 bridgehead atoms. The highest BCUT2D eigenvalue weighted by Gasteiger charge is 2.41. The first kappa shape index (κ1) is 17.7. The maximum atomic E-state index is 12.8. The van der Waals surface area contributed by atoms with Gasteiger partial charge in [0.15, 0.2) is 0 Å². The number of rotatable bonds is 4. The molecular formula is C19H27N3O3. The van der Waals surface area contributed by atoms with Crippen molar-refractivity contribution in [1.82, 2.24) is 15.2 Å². The molecule has 1 aliphatic carbocycles. The highest BCUT2D eigenvalue weighted by atomic mass is 16.5. The van der Waals surface area contributed by atoms with Crippen molar-refractivity contribution in [2.75, 3.05) is 20.2 Å². The summed E-state index contributed by atoms with van der Waals surface area (Å²) >= 11 is 0. The van der Waals surface area contributed by atoms with Crippen LogP contribution in [-0.4, -0.2) is 42.1 Å². The summed E-state index contributed by atoms with van der Waals surface area (Å²) < 4.78 is 5.03. The lowest BCUT2D eigenvalue weighted by Crippen LogP contribution is -2.48. The van der Waals surface area contributed by atoms with Crippen LogP contribution in [0.3, 0.4) is 0 Å². The van der Waals surface area contributed by atoms with Gasteiger partial charge in [0.2, 0.25) is 0 Å². The van der Waals surface area contributed by atoms with E-state index in [2.05, 4.69) is 10.3 Å². The minimum atomic E-state index is -0.561. The number of nitrogens with one attached hydrogen (secondary N) is 1. The minimum Gasteiger partial charge on any atom is -0.469 e. The largest absolute Gasteiger partial charge is 0.469 e. The van der Waals surface area contributed by atoms with Crippen molar-refractivity contribution in [1.29, 1.82) is 0 Å². The van der Waals surface area contributed by atoms with Gasteiger partial charge in [-0.25, -0.2) is 4.79 Å². The van der Waals surface area contributed by atoms with Crippen molar-refractivity contribution in [2.24, 2.45) is 5.41 Å². The van der Waals surface area contributed by atoms with Crippen molar-refractivity contribution < 1.29 is 14.3 Å². The van der Waals surface area contributed by atoms with Gasteiger partial charge in [-0.1, -0.05) is 19.3 Å². The van der Waals surface area contributed by atoms with E-state index in [0.29, 0.717) is 6.54 Å². The van der Waals surface area contributed by atoms with Gasteiger partial charge < -0.3 is 15.0 Å². The van der Waals surface area contributed by atoms with Crippen molar-refractivity contribution in [3.63, 3.8) is 0 Å². The molecule has 0 unspecified atom stereocenters. The van der Waals surface area contributed by atoms with E-state index in [4.69, 9.17) is 4.74 Å². The number of ether oxygens (including phenoxy) is 1. The van der Waals surface area contributed by atoms with E-state index in [1.165, 1.54) is 7.11 Å². The first-order valence-corrected chi connectivity index (χ1v) is 9.19. The number of carbonyl (C=O) groups excluding carboxylic acids is 2. The number of pyridine rings is 1. The molecule has 1 saturated carbocycles. The summed E-state index contributed by atoms with van der Waals surface area (Å²) in [7, 11) is 1.43. The molecule has 6 nitrogen and oxygen atoms in total. The third kappa shape index (κ3) is 3.78. The average molecular weight is 345 g/mol. The molecule has 0 spiro atoms. The molecule has 6 heteroatoms. The zero-order chi connectivity index (χ0) is 17.7. The molecular weight excluding hydrogens is 318 g/mol. The molecule has 1 aliphatic heterocycles. The van der Waals surface area contributed by atoms with Crippen LogP contribution in [0.15, 0.2) is 24.5 Å². The summed E-state index contributed by atoms with van der Waals surface area (Å²) in [4.78, 5) is 31.0. The molecule has 2 aliphatic rings. The number of nitrogens with zero attached hydrogens (tertiary/aromatic N) is 2. The molecule has 136 valence electrons. The number of likely N-dealkylation sites (tertiary alicyclic amines) is 1. The summed E-state index contributed by atoms with van der Waals surface area (Å²) in [5.41, 5.74) is 0.553. The number of methoxy groups -OCH3 is 1. The number of carbonyl (C=O) groups is 2. The Morgan fingerprint density at radius 2 is 1.96 bits per heavy atom. The van der Waals surface area contributed by atoms with Crippen molar-refractivity contribution in [3.05, 3.63) is 30.1 Å². The molecule has 3 rings (SSSR count). The fourth-order valence-electron chi connectivity index (χ4n) is 4.19. The summed E-state index contributed by atoms with van der Waals surface area (Å²) in [6.45, 7) is 1.10. The third-order valence-corrected chi connectivity index (χ3v) is 5.61. The zero-order valence-electron chi connectivity index (χ0n) is 14.9. The topological polar surface area (TPSA) is 71.5 Å². The van der Waals surface area contributed by atoms with Crippen LogP contribution in [0, 0.1) is 5.41 Å².